The summed E-state index contributed by atoms with van der Waals surface area (Å²) in [6.07, 6.45) is -1.63. The number of hydrogen-bond acceptors (Lipinski definition) is 3. The summed E-state index contributed by atoms with van der Waals surface area (Å²) in [5.41, 5.74) is 0.600. The predicted octanol–water partition coefficient (Wildman–Crippen LogP) is 5.73. The van der Waals surface area contributed by atoms with Gasteiger partial charge in [0, 0.05) is 17.5 Å². The first-order valence-electron chi connectivity index (χ1n) is 8.72. The van der Waals surface area contributed by atoms with Crippen molar-refractivity contribution in [2.24, 2.45) is 0 Å². The standard InChI is InChI=1S/C21H19F3O3/c1-2-3-6-15-11-20(25)27-19-12-17(8-9-18(15)19)26-13-14-5-4-7-16(10-14)21(22,23)24/h4-5,7-12H,2-3,6,13H2,1H3. The Hall–Kier alpha value is -2.76. The fourth-order valence-corrected chi connectivity index (χ4v) is 2.88. The third-order valence-corrected chi connectivity index (χ3v) is 4.26. The summed E-state index contributed by atoms with van der Waals surface area (Å²) in [5, 5.41) is 0.842. The molecule has 3 aromatic rings. The van der Waals surface area contributed by atoms with Gasteiger partial charge in [-0.05, 0) is 48.2 Å². The molecular formula is C21H19F3O3. The van der Waals surface area contributed by atoms with E-state index in [0.717, 1.165) is 42.3 Å². The van der Waals surface area contributed by atoms with E-state index in [0.29, 0.717) is 16.9 Å². The Morgan fingerprint density at radius 1 is 1.07 bits per heavy atom. The SMILES string of the molecule is CCCCc1cc(=O)oc2cc(OCc3cccc(C(F)(F)F)c3)ccc12. The molecular weight excluding hydrogens is 357 g/mol. The molecule has 0 bridgehead atoms. The highest BCUT2D eigenvalue weighted by Crippen LogP contribution is 2.30. The summed E-state index contributed by atoms with van der Waals surface area (Å²) in [5.74, 6) is 0.427. The van der Waals surface area contributed by atoms with Gasteiger partial charge in [-0.1, -0.05) is 25.5 Å². The minimum absolute atomic E-state index is 0.0187. The molecule has 27 heavy (non-hydrogen) atoms. The van der Waals surface area contributed by atoms with Crippen LogP contribution >= 0.6 is 0 Å². The van der Waals surface area contributed by atoms with Crippen LogP contribution in [0.3, 0.4) is 0 Å². The van der Waals surface area contributed by atoms with Crippen LogP contribution in [0.4, 0.5) is 13.2 Å². The molecule has 0 aliphatic heterocycles. The van der Waals surface area contributed by atoms with Gasteiger partial charge in [-0.25, -0.2) is 4.79 Å². The summed E-state index contributed by atoms with van der Waals surface area (Å²) < 4.78 is 49.2. The summed E-state index contributed by atoms with van der Waals surface area (Å²) in [6, 6.07) is 11.6. The van der Waals surface area contributed by atoms with Gasteiger partial charge in [0.25, 0.3) is 0 Å². The van der Waals surface area contributed by atoms with Crippen molar-refractivity contribution in [1.82, 2.24) is 0 Å². The topological polar surface area (TPSA) is 39.4 Å². The number of rotatable bonds is 6. The number of fused-ring (bicyclic) bond motifs is 1. The smallest absolute Gasteiger partial charge is 0.416 e. The Morgan fingerprint density at radius 2 is 1.89 bits per heavy atom. The van der Waals surface area contributed by atoms with Crippen molar-refractivity contribution < 1.29 is 22.3 Å². The normalized spacial score (nSPS) is 11.7. The van der Waals surface area contributed by atoms with Crippen LogP contribution in [-0.4, -0.2) is 0 Å². The molecule has 0 atom stereocenters. The second kappa shape index (κ2) is 7.86. The average Bonchev–Trinajstić information content (AvgIpc) is 2.63. The van der Waals surface area contributed by atoms with E-state index in [-0.39, 0.29) is 6.61 Å². The van der Waals surface area contributed by atoms with Crippen molar-refractivity contribution in [2.75, 3.05) is 0 Å². The van der Waals surface area contributed by atoms with Gasteiger partial charge in [0.1, 0.15) is 17.9 Å². The van der Waals surface area contributed by atoms with Crippen molar-refractivity contribution in [3.63, 3.8) is 0 Å². The molecule has 0 N–H and O–H groups in total. The van der Waals surface area contributed by atoms with Crippen LogP contribution in [0.5, 0.6) is 5.75 Å². The Balaban J connectivity index is 1.81. The molecule has 0 aliphatic rings. The molecule has 2 aromatic carbocycles. The fraction of sp³-hybridized carbons (Fsp3) is 0.286. The van der Waals surface area contributed by atoms with E-state index >= 15 is 0 Å². The van der Waals surface area contributed by atoms with Crippen molar-refractivity contribution in [3.05, 3.63) is 75.6 Å². The lowest BCUT2D eigenvalue weighted by atomic mass is 10.0. The summed E-state index contributed by atoms with van der Waals surface area (Å²) >= 11 is 0. The number of aryl methyl sites for hydroxylation is 1. The zero-order valence-electron chi connectivity index (χ0n) is 14.8. The molecule has 0 spiro atoms. The molecule has 6 heteroatoms. The van der Waals surface area contributed by atoms with Gasteiger partial charge >= 0.3 is 11.8 Å². The molecule has 0 amide bonds. The van der Waals surface area contributed by atoms with Crippen LogP contribution in [0.1, 0.15) is 36.5 Å². The lowest BCUT2D eigenvalue weighted by molar-refractivity contribution is -0.137. The molecule has 0 saturated heterocycles. The van der Waals surface area contributed by atoms with E-state index in [1.165, 1.54) is 12.1 Å². The minimum atomic E-state index is -4.39. The largest absolute Gasteiger partial charge is 0.489 e. The van der Waals surface area contributed by atoms with E-state index in [1.807, 2.05) is 6.07 Å². The van der Waals surface area contributed by atoms with E-state index < -0.39 is 17.4 Å². The minimum Gasteiger partial charge on any atom is -0.489 e. The van der Waals surface area contributed by atoms with E-state index in [2.05, 4.69) is 6.92 Å². The van der Waals surface area contributed by atoms with Gasteiger partial charge in [0.05, 0.1) is 5.56 Å². The third kappa shape index (κ3) is 4.70. The van der Waals surface area contributed by atoms with Gasteiger partial charge in [-0.2, -0.15) is 13.2 Å². The second-order valence-electron chi connectivity index (χ2n) is 6.34. The lowest BCUT2D eigenvalue weighted by Crippen LogP contribution is -2.06. The fourth-order valence-electron chi connectivity index (χ4n) is 2.88. The van der Waals surface area contributed by atoms with Crippen LogP contribution in [0.15, 0.2) is 57.7 Å². The Labute approximate surface area is 154 Å². The molecule has 3 nitrogen and oxygen atoms in total. The van der Waals surface area contributed by atoms with Crippen molar-refractivity contribution in [1.29, 1.82) is 0 Å². The molecule has 142 valence electrons. The number of alkyl halides is 3. The van der Waals surface area contributed by atoms with E-state index in [1.54, 1.807) is 18.2 Å². The zero-order valence-corrected chi connectivity index (χ0v) is 14.8. The first-order valence-corrected chi connectivity index (χ1v) is 8.72. The van der Waals surface area contributed by atoms with Gasteiger partial charge in [-0.3, -0.25) is 0 Å². The molecule has 1 heterocycles. The molecule has 0 radical (unpaired) electrons. The maximum absolute atomic E-state index is 12.8. The van der Waals surface area contributed by atoms with Gasteiger partial charge < -0.3 is 9.15 Å². The molecule has 1 aromatic heterocycles. The van der Waals surface area contributed by atoms with Gasteiger partial charge in [0.15, 0.2) is 0 Å². The van der Waals surface area contributed by atoms with Gasteiger partial charge in [-0.15, -0.1) is 0 Å². The van der Waals surface area contributed by atoms with Crippen LogP contribution in [0.2, 0.25) is 0 Å². The summed E-state index contributed by atoms with van der Waals surface area (Å²) in [7, 11) is 0. The molecule has 0 saturated carbocycles. The first-order chi connectivity index (χ1) is 12.9. The van der Waals surface area contributed by atoms with Crippen molar-refractivity contribution >= 4 is 11.0 Å². The van der Waals surface area contributed by atoms with Crippen LogP contribution in [0.25, 0.3) is 11.0 Å². The number of unbranched alkanes of at least 4 members (excludes halogenated alkanes) is 1. The number of benzene rings is 2. The summed E-state index contributed by atoms with van der Waals surface area (Å²) in [6.45, 7) is 2.06. The van der Waals surface area contributed by atoms with Crippen LogP contribution < -0.4 is 10.4 Å². The van der Waals surface area contributed by atoms with Crippen LogP contribution in [-0.2, 0) is 19.2 Å². The molecule has 0 aliphatic carbocycles. The van der Waals surface area contributed by atoms with Gasteiger partial charge in [0.2, 0.25) is 0 Å². The molecule has 0 fully saturated rings. The third-order valence-electron chi connectivity index (χ3n) is 4.26. The lowest BCUT2D eigenvalue weighted by Gasteiger charge is -2.11. The number of halogens is 3. The average molecular weight is 376 g/mol. The second-order valence-corrected chi connectivity index (χ2v) is 6.34. The maximum Gasteiger partial charge on any atom is 0.416 e. The number of ether oxygens (including phenoxy) is 1. The maximum atomic E-state index is 12.8. The van der Waals surface area contributed by atoms with Crippen molar-refractivity contribution in [2.45, 2.75) is 39.0 Å². The Kier molecular flexibility index (Phi) is 5.54. The van der Waals surface area contributed by atoms with E-state index in [9.17, 15) is 18.0 Å². The monoisotopic (exact) mass is 376 g/mol. The highest BCUT2D eigenvalue weighted by Gasteiger charge is 2.30. The van der Waals surface area contributed by atoms with Crippen LogP contribution in [0, 0.1) is 0 Å². The zero-order chi connectivity index (χ0) is 19.4. The quantitative estimate of drug-likeness (QED) is 0.516. The molecule has 3 rings (SSSR count). The van der Waals surface area contributed by atoms with Crippen molar-refractivity contribution in [3.8, 4) is 5.75 Å². The highest BCUT2D eigenvalue weighted by atomic mass is 19.4. The first kappa shape index (κ1) is 19.0. The summed E-state index contributed by atoms with van der Waals surface area (Å²) in [4.78, 5) is 11.8. The predicted molar refractivity (Wildman–Crippen MR) is 96.9 cm³/mol. The molecule has 0 unspecified atom stereocenters. The number of hydrogen-bond donors (Lipinski definition) is 0. The Bertz CT molecular complexity index is 990. The van der Waals surface area contributed by atoms with E-state index in [4.69, 9.17) is 9.15 Å². The highest BCUT2D eigenvalue weighted by molar-refractivity contribution is 5.81. The Morgan fingerprint density at radius 3 is 2.63 bits per heavy atom.